The SMILES string of the molecule is CCN(CC(=O)NCCC#N)Cc1ccc(N)cc1. The van der Waals surface area contributed by atoms with Gasteiger partial charge in [-0.3, -0.25) is 9.69 Å². The fourth-order valence-electron chi connectivity index (χ4n) is 1.68. The summed E-state index contributed by atoms with van der Waals surface area (Å²) < 4.78 is 0. The Morgan fingerprint density at radius 2 is 2.11 bits per heavy atom. The predicted octanol–water partition coefficient (Wildman–Crippen LogP) is 1.12. The summed E-state index contributed by atoms with van der Waals surface area (Å²) in [6, 6.07) is 9.64. The van der Waals surface area contributed by atoms with Crippen LogP contribution in [0.4, 0.5) is 5.69 Å². The van der Waals surface area contributed by atoms with Crippen LogP contribution in [0.1, 0.15) is 18.9 Å². The van der Waals surface area contributed by atoms with E-state index in [1.54, 1.807) is 0 Å². The minimum Gasteiger partial charge on any atom is -0.399 e. The van der Waals surface area contributed by atoms with Gasteiger partial charge in [0.1, 0.15) is 0 Å². The molecule has 0 aliphatic carbocycles. The first kappa shape index (κ1) is 15.0. The predicted molar refractivity (Wildman–Crippen MR) is 75.0 cm³/mol. The second-order valence-electron chi connectivity index (χ2n) is 4.30. The van der Waals surface area contributed by atoms with Crippen molar-refractivity contribution in [2.45, 2.75) is 19.9 Å². The number of nitrogen functional groups attached to an aromatic ring is 1. The van der Waals surface area contributed by atoms with Crippen LogP contribution in [-0.4, -0.2) is 30.4 Å². The number of nitrogens with zero attached hydrogens (tertiary/aromatic N) is 2. The van der Waals surface area contributed by atoms with Gasteiger partial charge in [-0.2, -0.15) is 5.26 Å². The van der Waals surface area contributed by atoms with Gasteiger partial charge in [0.25, 0.3) is 0 Å². The maximum absolute atomic E-state index is 11.6. The number of carbonyl (C=O) groups excluding carboxylic acids is 1. The Hall–Kier alpha value is -2.06. The Kier molecular flexibility index (Phi) is 6.41. The normalized spacial score (nSPS) is 10.2. The van der Waals surface area contributed by atoms with E-state index in [-0.39, 0.29) is 5.91 Å². The average molecular weight is 260 g/mol. The Morgan fingerprint density at radius 3 is 2.68 bits per heavy atom. The lowest BCUT2D eigenvalue weighted by atomic mass is 10.2. The molecule has 1 aromatic rings. The highest BCUT2D eigenvalue weighted by molar-refractivity contribution is 5.78. The number of anilines is 1. The van der Waals surface area contributed by atoms with Gasteiger partial charge in [-0.25, -0.2) is 0 Å². The monoisotopic (exact) mass is 260 g/mol. The molecule has 1 amide bonds. The number of likely N-dealkylation sites (N-methyl/N-ethyl adjacent to an activating group) is 1. The van der Waals surface area contributed by atoms with E-state index in [0.717, 1.165) is 17.8 Å². The zero-order chi connectivity index (χ0) is 14.1. The van der Waals surface area contributed by atoms with Gasteiger partial charge in [-0.05, 0) is 24.2 Å². The van der Waals surface area contributed by atoms with Gasteiger partial charge in [0.05, 0.1) is 19.0 Å². The molecule has 0 bridgehead atoms. The summed E-state index contributed by atoms with van der Waals surface area (Å²) in [5.41, 5.74) is 7.50. The molecule has 3 N–H and O–H groups in total. The van der Waals surface area contributed by atoms with Crippen LogP contribution in [0.15, 0.2) is 24.3 Å². The van der Waals surface area contributed by atoms with E-state index in [4.69, 9.17) is 11.0 Å². The number of hydrogen-bond donors (Lipinski definition) is 2. The zero-order valence-corrected chi connectivity index (χ0v) is 11.2. The quantitative estimate of drug-likeness (QED) is 0.568. The molecule has 0 heterocycles. The number of benzene rings is 1. The smallest absolute Gasteiger partial charge is 0.234 e. The highest BCUT2D eigenvalue weighted by Gasteiger charge is 2.09. The van der Waals surface area contributed by atoms with Gasteiger partial charge in [0.15, 0.2) is 0 Å². The Bertz CT molecular complexity index is 436. The lowest BCUT2D eigenvalue weighted by Crippen LogP contribution is -2.37. The molecule has 0 atom stereocenters. The molecule has 0 aliphatic rings. The van der Waals surface area contributed by atoms with Crippen LogP contribution in [0.25, 0.3) is 0 Å². The maximum Gasteiger partial charge on any atom is 0.234 e. The Morgan fingerprint density at radius 1 is 1.42 bits per heavy atom. The molecule has 0 unspecified atom stereocenters. The first-order valence-corrected chi connectivity index (χ1v) is 6.36. The van der Waals surface area contributed by atoms with Crippen molar-refractivity contribution in [3.63, 3.8) is 0 Å². The van der Waals surface area contributed by atoms with Crippen molar-refractivity contribution in [2.24, 2.45) is 0 Å². The van der Waals surface area contributed by atoms with Gasteiger partial charge in [0, 0.05) is 18.8 Å². The average Bonchev–Trinajstić information content (AvgIpc) is 2.41. The van der Waals surface area contributed by atoms with Crippen LogP contribution in [0.2, 0.25) is 0 Å². The van der Waals surface area contributed by atoms with Crippen molar-refractivity contribution >= 4 is 11.6 Å². The second kappa shape index (κ2) is 8.11. The molecular weight excluding hydrogens is 240 g/mol. The van der Waals surface area contributed by atoms with Gasteiger partial charge < -0.3 is 11.1 Å². The third-order valence-corrected chi connectivity index (χ3v) is 2.76. The summed E-state index contributed by atoms with van der Waals surface area (Å²) in [7, 11) is 0. The zero-order valence-electron chi connectivity index (χ0n) is 11.2. The van der Waals surface area contributed by atoms with E-state index in [9.17, 15) is 4.79 Å². The van der Waals surface area contributed by atoms with Crippen LogP contribution < -0.4 is 11.1 Å². The van der Waals surface area contributed by atoms with Crippen LogP contribution >= 0.6 is 0 Å². The van der Waals surface area contributed by atoms with Gasteiger partial charge >= 0.3 is 0 Å². The molecule has 19 heavy (non-hydrogen) atoms. The van der Waals surface area contributed by atoms with Crippen molar-refractivity contribution in [1.29, 1.82) is 5.26 Å². The Labute approximate surface area is 114 Å². The van der Waals surface area contributed by atoms with Crippen LogP contribution in [0.5, 0.6) is 0 Å². The molecule has 0 aromatic heterocycles. The molecule has 0 saturated heterocycles. The molecule has 0 spiro atoms. The van der Waals surface area contributed by atoms with E-state index in [1.165, 1.54) is 0 Å². The number of carbonyl (C=O) groups is 1. The van der Waals surface area contributed by atoms with E-state index in [0.29, 0.717) is 26.1 Å². The molecule has 0 saturated carbocycles. The van der Waals surface area contributed by atoms with Crippen LogP contribution in [0.3, 0.4) is 0 Å². The summed E-state index contributed by atoms with van der Waals surface area (Å²) >= 11 is 0. The molecule has 1 aromatic carbocycles. The number of rotatable bonds is 7. The highest BCUT2D eigenvalue weighted by Crippen LogP contribution is 2.08. The fraction of sp³-hybridized carbons (Fsp3) is 0.429. The van der Waals surface area contributed by atoms with Crippen molar-refractivity contribution in [3.8, 4) is 6.07 Å². The summed E-state index contributed by atoms with van der Waals surface area (Å²) in [6.45, 7) is 4.26. The van der Waals surface area contributed by atoms with Crippen molar-refractivity contribution in [3.05, 3.63) is 29.8 Å². The minimum absolute atomic E-state index is 0.0486. The number of nitriles is 1. The summed E-state index contributed by atoms with van der Waals surface area (Å²) in [6.07, 6.45) is 0.343. The Balaban J connectivity index is 2.43. The molecule has 0 radical (unpaired) electrons. The van der Waals surface area contributed by atoms with Crippen LogP contribution in [0, 0.1) is 11.3 Å². The topological polar surface area (TPSA) is 82.2 Å². The molecule has 5 heteroatoms. The maximum atomic E-state index is 11.6. The molecule has 102 valence electrons. The van der Waals surface area contributed by atoms with Crippen LogP contribution in [-0.2, 0) is 11.3 Å². The number of nitrogens with two attached hydrogens (primary N) is 1. The highest BCUT2D eigenvalue weighted by atomic mass is 16.2. The third-order valence-electron chi connectivity index (χ3n) is 2.76. The van der Waals surface area contributed by atoms with Gasteiger partial charge in [-0.1, -0.05) is 19.1 Å². The number of nitrogens with one attached hydrogen (secondary N) is 1. The van der Waals surface area contributed by atoms with Crippen molar-refractivity contribution in [1.82, 2.24) is 10.2 Å². The lowest BCUT2D eigenvalue weighted by Gasteiger charge is -2.19. The number of hydrogen-bond acceptors (Lipinski definition) is 4. The molecular formula is C14H20N4O. The molecule has 5 nitrogen and oxygen atoms in total. The van der Waals surface area contributed by atoms with Gasteiger partial charge in [-0.15, -0.1) is 0 Å². The second-order valence-corrected chi connectivity index (χ2v) is 4.30. The standard InChI is InChI=1S/C14H20N4O/c1-2-18(11-14(19)17-9-3-8-15)10-12-4-6-13(16)7-5-12/h4-7H,2-3,9-11,16H2,1H3,(H,17,19). The molecule has 0 fully saturated rings. The largest absolute Gasteiger partial charge is 0.399 e. The molecule has 1 rings (SSSR count). The van der Waals surface area contributed by atoms with Crippen molar-refractivity contribution in [2.75, 3.05) is 25.4 Å². The summed E-state index contributed by atoms with van der Waals surface area (Å²) in [5.74, 6) is -0.0486. The van der Waals surface area contributed by atoms with E-state index >= 15 is 0 Å². The molecule has 0 aliphatic heterocycles. The first-order chi connectivity index (χ1) is 9.15. The van der Waals surface area contributed by atoms with E-state index in [2.05, 4.69) is 5.32 Å². The van der Waals surface area contributed by atoms with Crippen molar-refractivity contribution < 1.29 is 4.79 Å². The summed E-state index contributed by atoms with van der Waals surface area (Å²) in [5, 5.41) is 11.1. The fourth-order valence-corrected chi connectivity index (χ4v) is 1.68. The first-order valence-electron chi connectivity index (χ1n) is 6.36. The lowest BCUT2D eigenvalue weighted by molar-refractivity contribution is -0.122. The third kappa shape index (κ3) is 5.89. The minimum atomic E-state index is -0.0486. The van der Waals surface area contributed by atoms with Gasteiger partial charge in [0.2, 0.25) is 5.91 Å². The summed E-state index contributed by atoms with van der Waals surface area (Å²) in [4.78, 5) is 13.7. The van der Waals surface area contributed by atoms with E-state index in [1.807, 2.05) is 42.2 Å². The number of amides is 1. The van der Waals surface area contributed by atoms with E-state index < -0.39 is 0 Å².